The highest BCUT2D eigenvalue weighted by Gasteiger charge is 2.23. The van der Waals surface area contributed by atoms with Crippen LogP contribution in [0.5, 0.6) is 0 Å². The second-order valence-electron chi connectivity index (χ2n) is 6.80. The molecule has 29 heavy (non-hydrogen) atoms. The monoisotopic (exact) mass is 407 g/mol. The molecule has 1 atom stereocenters. The van der Waals surface area contributed by atoms with E-state index in [1.165, 1.54) is 31.3 Å². The van der Waals surface area contributed by atoms with Crippen LogP contribution in [-0.4, -0.2) is 18.5 Å². The van der Waals surface area contributed by atoms with Crippen LogP contribution in [0.3, 0.4) is 0 Å². The number of benzene rings is 3. The lowest BCUT2D eigenvalue weighted by molar-refractivity contribution is 0.196. The maximum atomic E-state index is 13.1. The first-order valence-electron chi connectivity index (χ1n) is 9.04. The van der Waals surface area contributed by atoms with Gasteiger partial charge in [-0.2, -0.15) is 0 Å². The lowest BCUT2D eigenvalue weighted by Gasteiger charge is -2.13. The predicted octanol–water partition coefficient (Wildman–Crippen LogP) is 4.93. The van der Waals surface area contributed by atoms with Crippen LogP contribution in [0.4, 0.5) is 4.39 Å². The summed E-state index contributed by atoms with van der Waals surface area (Å²) in [4.78, 5) is 4.47. The minimum absolute atomic E-state index is 0.0626. The standard InChI is InChI=1S/C23H18FNO3S/c1-15(26)21-4-2-3-5-23(21)29(27,28)20-12-18-7-6-17(13-22(18)25-14-20)16-8-10-19(24)11-9-16/h2-15,26H,1H3/t15-/m0/s1. The highest BCUT2D eigenvalue weighted by molar-refractivity contribution is 7.91. The Bertz CT molecular complexity index is 1300. The third-order valence-corrected chi connectivity index (χ3v) is 6.60. The Balaban J connectivity index is 1.78. The van der Waals surface area contributed by atoms with Gasteiger partial charge in [0.15, 0.2) is 0 Å². The number of hydrogen-bond acceptors (Lipinski definition) is 4. The number of aromatic nitrogens is 1. The van der Waals surface area contributed by atoms with Crippen LogP contribution < -0.4 is 0 Å². The van der Waals surface area contributed by atoms with E-state index < -0.39 is 15.9 Å². The first-order valence-corrected chi connectivity index (χ1v) is 10.5. The van der Waals surface area contributed by atoms with E-state index in [1.54, 1.807) is 42.5 Å². The van der Waals surface area contributed by atoms with Gasteiger partial charge < -0.3 is 5.11 Å². The molecule has 1 aromatic heterocycles. The maximum absolute atomic E-state index is 13.1. The summed E-state index contributed by atoms with van der Waals surface area (Å²) in [5.74, 6) is -0.306. The summed E-state index contributed by atoms with van der Waals surface area (Å²) in [6.07, 6.45) is 0.415. The zero-order chi connectivity index (χ0) is 20.6. The van der Waals surface area contributed by atoms with E-state index in [4.69, 9.17) is 0 Å². The zero-order valence-electron chi connectivity index (χ0n) is 15.6. The first-order chi connectivity index (χ1) is 13.9. The molecular formula is C23H18FNO3S. The Kier molecular flexibility index (Phi) is 4.90. The molecule has 1 N–H and O–H groups in total. The molecule has 0 saturated heterocycles. The fraction of sp³-hybridized carbons (Fsp3) is 0.0870. The molecule has 6 heteroatoms. The fourth-order valence-corrected chi connectivity index (χ4v) is 4.80. The summed E-state index contributed by atoms with van der Waals surface area (Å²) < 4.78 is 39.4. The third-order valence-electron chi connectivity index (χ3n) is 4.81. The van der Waals surface area contributed by atoms with E-state index in [0.717, 1.165) is 11.1 Å². The molecule has 4 rings (SSSR count). The Morgan fingerprint density at radius 3 is 2.34 bits per heavy atom. The number of rotatable bonds is 4. The molecule has 0 radical (unpaired) electrons. The van der Waals surface area contributed by atoms with Crippen molar-refractivity contribution in [2.24, 2.45) is 0 Å². The van der Waals surface area contributed by atoms with E-state index in [1.807, 2.05) is 12.1 Å². The molecule has 0 bridgehead atoms. The highest BCUT2D eigenvalue weighted by atomic mass is 32.2. The quantitative estimate of drug-likeness (QED) is 0.521. The summed E-state index contributed by atoms with van der Waals surface area (Å²) >= 11 is 0. The summed E-state index contributed by atoms with van der Waals surface area (Å²) in [6, 6.07) is 19.6. The molecule has 0 amide bonds. The second kappa shape index (κ2) is 7.39. The van der Waals surface area contributed by atoms with E-state index in [9.17, 15) is 17.9 Å². The number of aliphatic hydroxyl groups excluding tert-OH is 1. The number of aliphatic hydroxyl groups is 1. The summed E-state index contributed by atoms with van der Waals surface area (Å²) in [5, 5.41) is 10.6. The lowest BCUT2D eigenvalue weighted by atomic mass is 10.0. The molecule has 0 saturated carbocycles. The van der Waals surface area contributed by atoms with Crippen LogP contribution in [0.25, 0.3) is 22.0 Å². The predicted molar refractivity (Wildman–Crippen MR) is 110 cm³/mol. The van der Waals surface area contributed by atoms with Gasteiger partial charge in [-0.3, -0.25) is 4.98 Å². The van der Waals surface area contributed by atoms with Gasteiger partial charge in [0, 0.05) is 11.6 Å². The van der Waals surface area contributed by atoms with Crippen molar-refractivity contribution < 1.29 is 17.9 Å². The second-order valence-corrected chi connectivity index (χ2v) is 8.72. The summed E-state index contributed by atoms with van der Waals surface area (Å²) in [6.45, 7) is 1.53. The van der Waals surface area contributed by atoms with Gasteiger partial charge in [0.05, 0.1) is 21.4 Å². The number of nitrogens with zero attached hydrogens (tertiary/aromatic N) is 1. The SMILES string of the molecule is C[C@H](O)c1ccccc1S(=O)(=O)c1cnc2cc(-c3ccc(F)cc3)ccc2c1. The molecule has 0 aliphatic rings. The van der Waals surface area contributed by atoms with Crippen molar-refractivity contribution in [3.63, 3.8) is 0 Å². The number of fused-ring (bicyclic) bond motifs is 1. The van der Waals surface area contributed by atoms with E-state index in [-0.39, 0.29) is 15.6 Å². The van der Waals surface area contributed by atoms with Crippen LogP contribution >= 0.6 is 0 Å². The first kappa shape index (κ1) is 19.2. The fourth-order valence-electron chi connectivity index (χ4n) is 3.27. The number of halogens is 1. The number of sulfone groups is 1. The molecule has 0 unspecified atom stereocenters. The lowest BCUT2D eigenvalue weighted by Crippen LogP contribution is -2.08. The molecule has 0 aliphatic carbocycles. The Hall–Kier alpha value is -3.09. The van der Waals surface area contributed by atoms with Gasteiger partial charge in [0.2, 0.25) is 9.84 Å². The van der Waals surface area contributed by atoms with Crippen molar-refractivity contribution in [3.8, 4) is 11.1 Å². The third kappa shape index (κ3) is 3.64. The smallest absolute Gasteiger partial charge is 0.208 e. The van der Waals surface area contributed by atoms with Gasteiger partial charge in [0.1, 0.15) is 5.82 Å². The van der Waals surface area contributed by atoms with Gasteiger partial charge >= 0.3 is 0 Å². The molecule has 0 aliphatic heterocycles. The summed E-state index contributed by atoms with van der Waals surface area (Å²) in [7, 11) is -3.84. The van der Waals surface area contributed by atoms with Crippen molar-refractivity contribution in [2.45, 2.75) is 22.8 Å². The normalized spacial score (nSPS) is 12.8. The maximum Gasteiger partial charge on any atom is 0.208 e. The molecule has 0 spiro atoms. The molecule has 1 heterocycles. The molecule has 4 nitrogen and oxygen atoms in total. The van der Waals surface area contributed by atoms with Gasteiger partial charge in [-0.1, -0.05) is 42.5 Å². The molecule has 3 aromatic carbocycles. The van der Waals surface area contributed by atoms with Crippen molar-refractivity contribution >= 4 is 20.7 Å². The molecular weight excluding hydrogens is 389 g/mol. The van der Waals surface area contributed by atoms with Crippen LogP contribution in [0, 0.1) is 5.82 Å². The minimum Gasteiger partial charge on any atom is -0.389 e. The Labute approximate surface area is 168 Å². The van der Waals surface area contributed by atoms with Crippen molar-refractivity contribution in [3.05, 3.63) is 90.4 Å². The topological polar surface area (TPSA) is 67.3 Å². The molecule has 0 fully saturated rings. The largest absolute Gasteiger partial charge is 0.389 e. The number of hydrogen-bond donors (Lipinski definition) is 1. The zero-order valence-corrected chi connectivity index (χ0v) is 16.4. The van der Waals surface area contributed by atoms with Crippen molar-refractivity contribution in [1.82, 2.24) is 4.98 Å². The molecule has 4 aromatic rings. The van der Waals surface area contributed by atoms with Crippen LogP contribution in [0.1, 0.15) is 18.6 Å². The van der Waals surface area contributed by atoms with Crippen molar-refractivity contribution in [1.29, 1.82) is 0 Å². The Morgan fingerprint density at radius 2 is 1.62 bits per heavy atom. The highest BCUT2D eigenvalue weighted by Crippen LogP contribution is 2.30. The average Bonchev–Trinajstić information content (AvgIpc) is 2.73. The van der Waals surface area contributed by atoms with Gasteiger partial charge in [0.25, 0.3) is 0 Å². The summed E-state index contributed by atoms with van der Waals surface area (Å²) in [5.41, 5.74) is 2.69. The van der Waals surface area contributed by atoms with E-state index in [2.05, 4.69) is 4.98 Å². The molecule has 146 valence electrons. The van der Waals surface area contributed by atoms with Crippen LogP contribution in [0.15, 0.2) is 88.8 Å². The van der Waals surface area contributed by atoms with Crippen LogP contribution in [0.2, 0.25) is 0 Å². The van der Waals surface area contributed by atoms with E-state index >= 15 is 0 Å². The Morgan fingerprint density at radius 1 is 0.931 bits per heavy atom. The van der Waals surface area contributed by atoms with Crippen molar-refractivity contribution in [2.75, 3.05) is 0 Å². The minimum atomic E-state index is -3.84. The van der Waals surface area contributed by atoms with E-state index in [0.29, 0.717) is 16.5 Å². The van der Waals surface area contributed by atoms with Crippen LogP contribution in [-0.2, 0) is 9.84 Å². The van der Waals surface area contributed by atoms with Gasteiger partial charge in [-0.15, -0.1) is 0 Å². The van der Waals surface area contributed by atoms with Gasteiger partial charge in [-0.05, 0) is 53.9 Å². The average molecular weight is 407 g/mol. The number of pyridine rings is 1. The van der Waals surface area contributed by atoms with Gasteiger partial charge in [-0.25, -0.2) is 12.8 Å².